The Balaban J connectivity index is 1.23. The van der Waals surface area contributed by atoms with E-state index in [2.05, 4.69) is 39.2 Å². The van der Waals surface area contributed by atoms with Crippen LogP contribution < -0.4 is 5.32 Å². The standard InChI is InChI=1S/C24H34N4O2/c1-18-7-9-20(10-8-18)23-27-21(17-30-23)15-26-24(25-2)28-13-11-22(12-14-28)29-16-19-5-3-4-6-19/h7-10,17,19,22H,3-6,11-16H2,1-2H3,(H,25,26). The van der Waals surface area contributed by atoms with Gasteiger partial charge < -0.3 is 19.4 Å². The molecule has 2 heterocycles. The Kier molecular flexibility index (Phi) is 7.05. The van der Waals surface area contributed by atoms with Gasteiger partial charge in [-0.05, 0) is 50.7 Å². The lowest BCUT2D eigenvalue weighted by molar-refractivity contribution is 0.00101. The van der Waals surface area contributed by atoms with Crippen molar-refractivity contribution in [1.82, 2.24) is 15.2 Å². The van der Waals surface area contributed by atoms with Crippen LogP contribution in [0.3, 0.4) is 0 Å². The number of rotatable bonds is 6. The van der Waals surface area contributed by atoms with Gasteiger partial charge in [0.2, 0.25) is 5.89 Å². The van der Waals surface area contributed by atoms with Crippen LogP contribution in [0.15, 0.2) is 39.9 Å². The topological polar surface area (TPSA) is 62.9 Å². The van der Waals surface area contributed by atoms with Crippen molar-refractivity contribution >= 4 is 5.96 Å². The van der Waals surface area contributed by atoms with Crippen LogP contribution >= 0.6 is 0 Å². The highest BCUT2D eigenvalue weighted by Crippen LogP contribution is 2.26. The van der Waals surface area contributed by atoms with E-state index in [4.69, 9.17) is 9.15 Å². The summed E-state index contributed by atoms with van der Waals surface area (Å²) in [4.78, 5) is 11.4. The fourth-order valence-corrected chi connectivity index (χ4v) is 4.40. The van der Waals surface area contributed by atoms with Crippen molar-refractivity contribution in [3.8, 4) is 11.5 Å². The number of piperidine rings is 1. The van der Waals surface area contributed by atoms with Crippen molar-refractivity contribution in [1.29, 1.82) is 0 Å². The Hall–Kier alpha value is -2.34. The number of benzene rings is 1. The fraction of sp³-hybridized carbons (Fsp3) is 0.583. The second kappa shape index (κ2) is 10.1. The van der Waals surface area contributed by atoms with Crippen LogP contribution in [0.1, 0.15) is 49.8 Å². The van der Waals surface area contributed by atoms with Gasteiger partial charge in [0.1, 0.15) is 6.26 Å². The molecule has 0 atom stereocenters. The first-order valence-corrected chi connectivity index (χ1v) is 11.3. The molecule has 1 saturated carbocycles. The number of aryl methyl sites for hydroxylation is 1. The van der Waals surface area contributed by atoms with E-state index in [-0.39, 0.29) is 0 Å². The summed E-state index contributed by atoms with van der Waals surface area (Å²) >= 11 is 0. The number of aromatic nitrogens is 1. The monoisotopic (exact) mass is 410 g/mol. The molecule has 0 bridgehead atoms. The van der Waals surface area contributed by atoms with Crippen LogP contribution in [-0.4, -0.2) is 48.7 Å². The number of likely N-dealkylation sites (tertiary alicyclic amines) is 1. The molecule has 2 aliphatic rings. The molecule has 30 heavy (non-hydrogen) atoms. The van der Waals surface area contributed by atoms with Gasteiger partial charge in [0, 0.05) is 32.3 Å². The van der Waals surface area contributed by atoms with E-state index in [1.54, 1.807) is 6.26 Å². The zero-order valence-electron chi connectivity index (χ0n) is 18.3. The number of aliphatic imine (C=N–C) groups is 1. The van der Waals surface area contributed by atoms with Gasteiger partial charge in [0.05, 0.1) is 18.3 Å². The molecule has 0 radical (unpaired) electrons. The maximum absolute atomic E-state index is 6.20. The number of hydrogen-bond acceptors (Lipinski definition) is 4. The molecular formula is C24H34N4O2. The molecule has 1 aliphatic carbocycles. The maximum atomic E-state index is 6.20. The summed E-state index contributed by atoms with van der Waals surface area (Å²) < 4.78 is 11.9. The van der Waals surface area contributed by atoms with E-state index in [1.807, 2.05) is 19.2 Å². The number of guanidine groups is 1. The number of nitrogens with one attached hydrogen (secondary N) is 1. The van der Waals surface area contributed by atoms with Gasteiger partial charge in [0.25, 0.3) is 0 Å². The third kappa shape index (κ3) is 5.42. The van der Waals surface area contributed by atoms with Gasteiger partial charge in [-0.25, -0.2) is 4.98 Å². The van der Waals surface area contributed by atoms with Gasteiger partial charge in [-0.3, -0.25) is 4.99 Å². The predicted molar refractivity (Wildman–Crippen MR) is 119 cm³/mol. The molecule has 1 aromatic carbocycles. The minimum Gasteiger partial charge on any atom is -0.444 e. The predicted octanol–water partition coefficient (Wildman–Crippen LogP) is 4.40. The maximum Gasteiger partial charge on any atom is 0.226 e. The molecule has 1 saturated heterocycles. The Morgan fingerprint density at radius 1 is 1.17 bits per heavy atom. The van der Waals surface area contributed by atoms with Gasteiger partial charge in [0.15, 0.2) is 5.96 Å². The summed E-state index contributed by atoms with van der Waals surface area (Å²) in [6, 6.07) is 8.22. The van der Waals surface area contributed by atoms with E-state index in [9.17, 15) is 0 Å². The smallest absolute Gasteiger partial charge is 0.226 e. The van der Waals surface area contributed by atoms with Crippen molar-refractivity contribution in [2.24, 2.45) is 10.9 Å². The molecule has 1 aliphatic heterocycles. The first-order chi connectivity index (χ1) is 14.7. The van der Waals surface area contributed by atoms with Crippen LogP contribution in [0.2, 0.25) is 0 Å². The molecule has 2 fully saturated rings. The summed E-state index contributed by atoms with van der Waals surface area (Å²) in [7, 11) is 1.84. The van der Waals surface area contributed by atoms with E-state index in [0.717, 1.165) is 55.7 Å². The first-order valence-electron chi connectivity index (χ1n) is 11.3. The van der Waals surface area contributed by atoms with Crippen LogP contribution in [0.5, 0.6) is 0 Å². The third-order valence-electron chi connectivity index (χ3n) is 6.27. The van der Waals surface area contributed by atoms with Crippen molar-refractivity contribution in [2.45, 2.75) is 58.1 Å². The van der Waals surface area contributed by atoms with Crippen LogP contribution in [0.25, 0.3) is 11.5 Å². The zero-order valence-corrected chi connectivity index (χ0v) is 18.3. The summed E-state index contributed by atoms with van der Waals surface area (Å²) in [6.07, 6.45) is 9.71. The highest BCUT2D eigenvalue weighted by molar-refractivity contribution is 5.79. The molecule has 1 N–H and O–H groups in total. The van der Waals surface area contributed by atoms with Crippen molar-refractivity contribution < 1.29 is 9.15 Å². The Morgan fingerprint density at radius 3 is 2.60 bits per heavy atom. The van der Waals surface area contributed by atoms with E-state index in [1.165, 1.54) is 31.2 Å². The third-order valence-corrected chi connectivity index (χ3v) is 6.27. The lowest BCUT2D eigenvalue weighted by Crippen LogP contribution is -2.46. The van der Waals surface area contributed by atoms with Gasteiger partial charge in [-0.2, -0.15) is 0 Å². The average Bonchev–Trinajstić information content (AvgIpc) is 3.46. The number of ether oxygens (including phenoxy) is 1. The summed E-state index contributed by atoms with van der Waals surface area (Å²) in [6.45, 7) is 5.57. The number of nitrogens with zero attached hydrogens (tertiary/aromatic N) is 3. The SMILES string of the molecule is CN=C(NCc1coc(-c2ccc(C)cc2)n1)N1CCC(OCC2CCCC2)CC1. The molecule has 0 amide bonds. The fourth-order valence-electron chi connectivity index (χ4n) is 4.40. The molecule has 1 aromatic heterocycles. The second-order valence-corrected chi connectivity index (χ2v) is 8.58. The number of hydrogen-bond donors (Lipinski definition) is 1. The first kappa shape index (κ1) is 20.9. The molecule has 4 rings (SSSR count). The van der Waals surface area contributed by atoms with Gasteiger partial charge in [-0.1, -0.05) is 30.5 Å². The zero-order chi connectivity index (χ0) is 20.8. The molecule has 6 heteroatoms. The highest BCUT2D eigenvalue weighted by atomic mass is 16.5. The molecular weight excluding hydrogens is 376 g/mol. The largest absolute Gasteiger partial charge is 0.444 e. The van der Waals surface area contributed by atoms with E-state index >= 15 is 0 Å². The second-order valence-electron chi connectivity index (χ2n) is 8.58. The Labute approximate surface area is 179 Å². The van der Waals surface area contributed by atoms with Crippen molar-refractivity contribution in [3.05, 3.63) is 41.8 Å². The quantitative estimate of drug-likeness (QED) is 0.565. The molecule has 2 aromatic rings. The minimum absolute atomic E-state index is 0.396. The number of oxazole rings is 1. The highest BCUT2D eigenvalue weighted by Gasteiger charge is 2.24. The molecule has 0 unspecified atom stereocenters. The molecule has 0 spiro atoms. The van der Waals surface area contributed by atoms with Gasteiger partial charge in [-0.15, -0.1) is 0 Å². The summed E-state index contributed by atoms with van der Waals surface area (Å²) in [5.74, 6) is 2.37. The lowest BCUT2D eigenvalue weighted by atomic mass is 10.1. The molecule has 6 nitrogen and oxygen atoms in total. The molecule has 162 valence electrons. The summed E-state index contributed by atoms with van der Waals surface area (Å²) in [5, 5.41) is 3.43. The normalized spacial score (nSPS) is 18.9. The van der Waals surface area contributed by atoms with Crippen LogP contribution in [0.4, 0.5) is 0 Å². The van der Waals surface area contributed by atoms with Crippen LogP contribution in [-0.2, 0) is 11.3 Å². The average molecular weight is 411 g/mol. The minimum atomic E-state index is 0.396. The van der Waals surface area contributed by atoms with Crippen molar-refractivity contribution in [3.63, 3.8) is 0 Å². The lowest BCUT2D eigenvalue weighted by Gasteiger charge is -2.34. The summed E-state index contributed by atoms with van der Waals surface area (Å²) in [5.41, 5.74) is 3.10. The Morgan fingerprint density at radius 2 is 1.90 bits per heavy atom. The van der Waals surface area contributed by atoms with E-state index < -0.39 is 0 Å². The van der Waals surface area contributed by atoms with Gasteiger partial charge >= 0.3 is 0 Å². The Bertz CT molecular complexity index is 816. The van der Waals surface area contributed by atoms with E-state index in [0.29, 0.717) is 18.5 Å². The van der Waals surface area contributed by atoms with Crippen molar-refractivity contribution in [2.75, 3.05) is 26.7 Å². The van der Waals surface area contributed by atoms with Crippen LogP contribution in [0, 0.1) is 12.8 Å².